The lowest BCUT2D eigenvalue weighted by molar-refractivity contribution is -0.148. The van der Waals surface area contributed by atoms with Crippen LogP contribution in [-0.2, 0) is 41.4 Å². The number of carbonyl (C=O) groups is 4. The molecule has 53 heavy (non-hydrogen) atoms. The average molecular weight is 796 g/mol. The van der Waals surface area contributed by atoms with Gasteiger partial charge in [0.15, 0.2) is 0 Å². The first-order chi connectivity index (χ1) is 24.9. The number of aromatic nitrogens is 2. The summed E-state index contributed by atoms with van der Waals surface area (Å²) >= 11 is 3.60. The van der Waals surface area contributed by atoms with E-state index in [9.17, 15) is 19.2 Å². The zero-order chi connectivity index (χ0) is 38.7. The second-order valence-corrected chi connectivity index (χ2v) is 16.4. The Morgan fingerprint density at radius 2 is 1.19 bits per heavy atom. The first-order valence-electron chi connectivity index (χ1n) is 18.0. The predicted molar refractivity (Wildman–Crippen MR) is 206 cm³/mol. The summed E-state index contributed by atoms with van der Waals surface area (Å²) < 4.78 is 23.0. The summed E-state index contributed by atoms with van der Waals surface area (Å²) in [4.78, 5) is 58.4. The number of H-pyrrole nitrogens is 2. The van der Waals surface area contributed by atoms with E-state index in [0.29, 0.717) is 38.8 Å². The van der Waals surface area contributed by atoms with Gasteiger partial charge in [-0.25, -0.2) is 9.59 Å². The van der Waals surface area contributed by atoms with Gasteiger partial charge in [0.25, 0.3) is 0 Å². The van der Waals surface area contributed by atoms with Crippen LogP contribution in [0.5, 0.6) is 0 Å². The van der Waals surface area contributed by atoms with E-state index in [0.717, 1.165) is 37.5 Å². The van der Waals surface area contributed by atoms with Gasteiger partial charge in [-0.05, 0) is 93.6 Å². The molecule has 2 saturated heterocycles. The summed E-state index contributed by atoms with van der Waals surface area (Å²) in [6.07, 6.45) is 2.92. The SMILES string of the molecule is CC(=O)O[C@@H]1CCN(C(=O)OC(C)(C)C)[C@@H]1Cc1c(Br)[nH]c2ccccc12.CC(=O)O[C@@H]1CCN(C(=O)OC(C)(C)C)[C@@H]1Cc1c[nH]c2ccccc12. The highest BCUT2D eigenvalue weighted by molar-refractivity contribution is 9.10. The maximum absolute atomic E-state index is 12.7. The number of nitrogens with one attached hydrogen (secondary N) is 2. The third kappa shape index (κ3) is 10.1. The highest BCUT2D eigenvalue weighted by Crippen LogP contribution is 2.33. The lowest BCUT2D eigenvalue weighted by Gasteiger charge is -2.30. The summed E-state index contributed by atoms with van der Waals surface area (Å²) in [6, 6.07) is 15.5. The lowest BCUT2D eigenvalue weighted by Crippen LogP contribution is -2.44. The summed E-state index contributed by atoms with van der Waals surface area (Å²) in [5.41, 5.74) is 3.07. The fourth-order valence-electron chi connectivity index (χ4n) is 7.03. The zero-order valence-electron chi connectivity index (χ0n) is 31.8. The van der Waals surface area contributed by atoms with E-state index in [1.165, 1.54) is 13.8 Å². The summed E-state index contributed by atoms with van der Waals surface area (Å²) in [6.45, 7) is 14.9. The largest absolute Gasteiger partial charge is 0.460 e. The van der Waals surface area contributed by atoms with Crippen LogP contribution in [0.2, 0.25) is 0 Å². The Kier molecular flexibility index (Phi) is 12.2. The van der Waals surface area contributed by atoms with Gasteiger partial charge in [-0.2, -0.15) is 0 Å². The number of ether oxygens (including phenoxy) is 4. The van der Waals surface area contributed by atoms with Gasteiger partial charge in [0, 0.05) is 67.8 Å². The Balaban J connectivity index is 0.000000204. The summed E-state index contributed by atoms with van der Waals surface area (Å²) in [5, 5.41) is 2.20. The van der Waals surface area contributed by atoms with Gasteiger partial charge in [0.1, 0.15) is 23.4 Å². The molecule has 0 unspecified atom stereocenters. The molecule has 0 saturated carbocycles. The number of likely N-dealkylation sites (tertiary alicyclic amines) is 2. The van der Waals surface area contributed by atoms with Crippen molar-refractivity contribution in [1.29, 1.82) is 0 Å². The third-order valence-electron chi connectivity index (χ3n) is 9.14. The fourth-order valence-corrected chi connectivity index (χ4v) is 7.62. The average Bonchev–Trinajstić information content (AvgIpc) is 3.82. The van der Waals surface area contributed by atoms with Gasteiger partial charge >= 0.3 is 24.1 Å². The maximum Gasteiger partial charge on any atom is 0.410 e. The van der Waals surface area contributed by atoms with Crippen LogP contribution in [0.25, 0.3) is 21.8 Å². The normalized spacial score (nSPS) is 20.2. The Labute approximate surface area is 319 Å². The van der Waals surface area contributed by atoms with Crippen LogP contribution in [-0.4, -0.2) is 92.5 Å². The van der Waals surface area contributed by atoms with Crippen LogP contribution in [0, 0.1) is 0 Å². The standard InChI is InChI=1S/C20H25BrN2O4.C20H26N2O4/c1-12(24)26-17-9-10-23(19(25)27-20(2,3)4)16(17)11-14-13-7-5-6-8-15(13)22-18(14)21;1-13(23)25-18-9-10-22(19(24)26-20(2,3)4)17(18)11-14-12-21-16-8-6-5-7-15(14)16/h5-8,16-17,22H,9-11H2,1-4H3;5-8,12,17-18,21H,9-11H2,1-4H3/t16-,17-;17-,18-/m11/s1. The van der Waals surface area contributed by atoms with Crippen molar-refractivity contribution >= 4 is 61.9 Å². The highest BCUT2D eigenvalue weighted by atomic mass is 79.9. The molecule has 2 aromatic heterocycles. The minimum atomic E-state index is -0.581. The second kappa shape index (κ2) is 16.2. The number of halogens is 1. The van der Waals surface area contributed by atoms with E-state index >= 15 is 0 Å². The first kappa shape index (κ1) is 39.7. The lowest BCUT2D eigenvalue weighted by atomic mass is 10.0. The number of hydrogen-bond donors (Lipinski definition) is 2. The molecule has 286 valence electrons. The van der Waals surface area contributed by atoms with E-state index in [1.807, 2.05) is 90.2 Å². The molecule has 0 radical (unpaired) electrons. The molecular formula is C40H51BrN4O8. The highest BCUT2D eigenvalue weighted by Gasteiger charge is 2.43. The Morgan fingerprint density at radius 1 is 0.717 bits per heavy atom. The van der Waals surface area contributed by atoms with E-state index in [1.54, 1.807) is 9.80 Å². The van der Waals surface area contributed by atoms with Crippen molar-refractivity contribution in [3.05, 3.63) is 70.5 Å². The second-order valence-electron chi connectivity index (χ2n) is 15.6. The molecule has 2 N–H and O–H groups in total. The third-order valence-corrected chi connectivity index (χ3v) is 9.81. The molecule has 0 bridgehead atoms. The number of esters is 2. The Morgan fingerprint density at radius 3 is 1.70 bits per heavy atom. The molecule has 4 aromatic rings. The first-order valence-corrected chi connectivity index (χ1v) is 18.8. The van der Waals surface area contributed by atoms with Crippen molar-refractivity contribution in [2.45, 2.75) is 117 Å². The van der Waals surface area contributed by atoms with E-state index in [-0.39, 0.29) is 48.4 Å². The van der Waals surface area contributed by atoms with Crippen LogP contribution in [0.3, 0.4) is 0 Å². The molecule has 4 heterocycles. The fraction of sp³-hybridized carbons (Fsp3) is 0.500. The number of aromatic amines is 2. The van der Waals surface area contributed by atoms with Gasteiger partial charge < -0.3 is 38.7 Å². The topological polar surface area (TPSA) is 143 Å². The van der Waals surface area contributed by atoms with Crippen LogP contribution in [0.4, 0.5) is 9.59 Å². The van der Waals surface area contributed by atoms with Crippen LogP contribution in [0.15, 0.2) is 59.3 Å². The number of fused-ring (bicyclic) bond motifs is 2. The van der Waals surface area contributed by atoms with Crippen molar-refractivity contribution in [3.63, 3.8) is 0 Å². The van der Waals surface area contributed by atoms with Crippen molar-refractivity contribution < 1.29 is 38.1 Å². The molecule has 0 spiro atoms. The molecule has 2 aliphatic heterocycles. The van der Waals surface area contributed by atoms with Crippen molar-refractivity contribution in [3.8, 4) is 0 Å². The molecule has 4 atom stereocenters. The number of carbonyl (C=O) groups excluding carboxylic acids is 4. The molecular weight excluding hydrogens is 744 g/mol. The molecule has 13 heteroatoms. The van der Waals surface area contributed by atoms with Crippen molar-refractivity contribution in [2.24, 2.45) is 0 Å². The number of rotatable bonds is 6. The number of para-hydroxylation sites is 2. The number of benzene rings is 2. The van der Waals surface area contributed by atoms with Crippen LogP contribution >= 0.6 is 15.9 Å². The predicted octanol–water partition coefficient (Wildman–Crippen LogP) is 8.07. The Bertz CT molecular complexity index is 1940. The van der Waals surface area contributed by atoms with Gasteiger partial charge in [0.05, 0.1) is 16.7 Å². The van der Waals surface area contributed by atoms with E-state index in [4.69, 9.17) is 18.9 Å². The smallest absolute Gasteiger partial charge is 0.410 e. The van der Waals surface area contributed by atoms with Gasteiger partial charge in [-0.3, -0.25) is 9.59 Å². The quantitative estimate of drug-likeness (QED) is 0.147. The minimum Gasteiger partial charge on any atom is -0.460 e. The van der Waals surface area contributed by atoms with Gasteiger partial charge in [-0.1, -0.05) is 36.4 Å². The van der Waals surface area contributed by atoms with Crippen molar-refractivity contribution in [2.75, 3.05) is 13.1 Å². The van der Waals surface area contributed by atoms with Gasteiger partial charge in [-0.15, -0.1) is 0 Å². The van der Waals surface area contributed by atoms with Gasteiger partial charge in [0.2, 0.25) is 0 Å². The zero-order valence-corrected chi connectivity index (χ0v) is 33.4. The minimum absolute atomic E-state index is 0.243. The molecule has 2 fully saturated rings. The van der Waals surface area contributed by atoms with Crippen molar-refractivity contribution in [1.82, 2.24) is 19.8 Å². The molecule has 2 amide bonds. The molecule has 2 aromatic carbocycles. The molecule has 6 rings (SSSR count). The summed E-state index contributed by atoms with van der Waals surface area (Å²) in [5.74, 6) is -0.668. The number of amides is 2. The molecule has 2 aliphatic rings. The summed E-state index contributed by atoms with van der Waals surface area (Å²) in [7, 11) is 0. The Hall–Kier alpha value is -4.52. The van der Waals surface area contributed by atoms with Crippen LogP contribution in [0.1, 0.15) is 79.4 Å². The van der Waals surface area contributed by atoms with Crippen LogP contribution < -0.4 is 0 Å². The molecule has 12 nitrogen and oxygen atoms in total. The van der Waals surface area contributed by atoms with E-state index < -0.39 is 11.2 Å². The maximum atomic E-state index is 12.7. The van der Waals surface area contributed by atoms with E-state index in [2.05, 4.69) is 32.0 Å². The number of hydrogen-bond acceptors (Lipinski definition) is 8. The monoisotopic (exact) mass is 794 g/mol. The number of nitrogens with zero attached hydrogens (tertiary/aromatic N) is 2. The molecule has 0 aliphatic carbocycles.